The van der Waals surface area contributed by atoms with Crippen molar-refractivity contribution in [2.75, 3.05) is 26.0 Å². The molecule has 0 aliphatic carbocycles. The first kappa shape index (κ1) is 12.7. The van der Waals surface area contributed by atoms with Gasteiger partial charge in [-0.1, -0.05) is 0 Å². The smallest absolute Gasteiger partial charge is 0.118 e. The van der Waals surface area contributed by atoms with E-state index in [1.807, 2.05) is 24.3 Å². The van der Waals surface area contributed by atoms with E-state index in [9.17, 15) is 5.11 Å². The van der Waals surface area contributed by atoms with Gasteiger partial charge in [0.05, 0.1) is 12.7 Å². The summed E-state index contributed by atoms with van der Waals surface area (Å²) in [6.07, 6.45) is 1.69. The zero-order valence-corrected chi connectivity index (χ0v) is 10.9. The third-order valence-corrected chi connectivity index (χ3v) is 4.39. The standard InChI is InChI=1S/C13H19NO2S/c1-16-11-2-4-12(5-3-11)17-10-13(15)6-8-14-9-7-13/h2-5,14-15H,6-10H2,1H3. The van der Waals surface area contributed by atoms with Crippen molar-refractivity contribution in [1.29, 1.82) is 0 Å². The Morgan fingerprint density at radius 1 is 1.29 bits per heavy atom. The summed E-state index contributed by atoms with van der Waals surface area (Å²) in [4.78, 5) is 1.18. The van der Waals surface area contributed by atoms with Crippen molar-refractivity contribution in [3.8, 4) is 5.75 Å². The van der Waals surface area contributed by atoms with Crippen molar-refractivity contribution < 1.29 is 9.84 Å². The van der Waals surface area contributed by atoms with E-state index < -0.39 is 5.60 Å². The highest BCUT2D eigenvalue weighted by Crippen LogP contribution is 2.28. The largest absolute Gasteiger partial charge is 0.497 e. The summed E-state index contributed by atoms with van der Waals surface area (Å²) in [5, 5.41) is 13.6. The average molecular weight is 253 g/mol. The second-order valence-electron chi connectivity index (χ2n) is 4.44. The maximum atomic E-state index is 10.3. The quantitative estimate of drug-likeness (QED) is 0.804. The molecule has 0 unspecified atom stereocenters. The second kappa shape index (κ2) is 5.76. The first-order chi connectivity index (χ1) is 8.22. The predicted molar refractivity (Wildman–Crippen MR) is 70.8 cm³/mol. The van der Waals surface area contributed by atoms with Gasteiger partial charge < -0.3 is 15.2 Å². The predicted octanol–water partition coefficient (Wildman–Crippen LogP) is 1.90. The Labute approximate surface area is 107 Å². The molecule has 1 heterocycles. The van der Waals surface area contributed by atoms with Crippen LogP contribution in [0.1, 0.15) is 12.8 Å². The number of hydrogen-bond acceptors (Lipinski definition) is 4. The Balaban J connectivity index is 1.87. The first-order valence-corrected chi connectivity index (χ1v) is 6.90. The van der Waals surface area contributed by atoms with E-state index in [-0.39, 0.29) is 0 Å². The van der Waals surface area contributed by atoms with Gasteiger partial charge in [-0.05, 0) is 50.2 Å². The van der Waals surface area contributed by atoms with Gasteiger partial charge >= 0.3 is 0 Å². The number of hydrogen-bond donors (Lipinski definition) is 2. The molecule has 2 N–H and O–H groups in total. The van der Waals surface area contributed by atoms with Crippen LogP contribution in [0.25, 0.3) is 0 Å². The number of benzene rings is 1. The number of methoxy groups -OCH3 is 1. The first-order valence-electron chi connectivity index (χ1n) is 5.92. The van der Waals surface area contributed by atoms with E-state index in [0.29, 0.717) is 0 Å². The molecule has 2 rings (SSSR count). The van der Waals surface area contributed by atoms with E-state index in [0.717, 1.165) is 37.4 Å². The second-order valence-corrected chi connectivity index (χ2v) is 5.49. The van der Waals surface area contributed by atoms with E-state index in [1.165, 1.54) is 4.90 Å². The Morgan fingerprint density at radius 2 is 1.94 bits per heavy atom. The molecule has 94 valence electrons. The number of aliphatic hydroxyl groups is 1. The highest BCUT2D eigenvalue weighted by molar-refractivity contribution is 7.99. The minimum absolute atomic E-state index is 0.504. The van der Waals surface area contributed by atoms with Gasteiger partial charge in [0.15, 0.2) is 0 Å². The van der Waals surface area contributed by atoms with Crippen molar-refractivity contribution in [1.82, 2.24) is 5.32 Å². The van der Waals surface area contributed by atoms with Gasteiger partial charge in [-0.3, -0.25) is 0 Å². The number of piperidine rings is 1. The Kier molecular flexibility index (Phi) is 4.31. The van der Waals surface area contributed by atoms with Crippen molar-refractivity contribution in [3.63, 3.8) is 0 Å². The Morgan fingerprint density at radius 3 is 2.53 bits per heavy atom. The lowest BCUT2D eigenvalue weighted by Gasteiger charge is -2.32. The van der Waals surface area contributed by atoms with Gasteiger partial charge in [-0.2, -0.15) is 0 Å². The van der Waals surface area contributed by atoms with Crippen LogP contribution < -0.4 is 10.1 Å². The zero-order chi connectivity index (χ0) is 12.1. The summed E-state index contributed by atoms with van der Waals surface area (Å²) in [6.45, 7) is 1.83. The summed E-state index contributed by atoms with van der Waals surface area (Å²) in [5.74, 6) is 1.64. The fraction of sp³-hybridized carbons (Fsp3) is 0.538. The van der Waals surface area contributed by atoms with E-state index >= 15 is 0 Å². The van der Waals surface area contributed by atoms with Crippen LogP contribution in [-0.2, 0) is 0 Å². The molecule has 0 atom stereocenters. The van der Waals surface area contributed by atoms with Crippen LogP contribution in [0.2, 0.25) is 0 Å². The molecule has 1 aliphatic rings. The lowest BCUT2D eigenvalue weighted by Crippen LogP contribution is -2.43. The molecule has 4 heteroatoms. The van der Waals surface area contributed by atoms with Crippen LogP contribution in [0.5, 0.6) is 5.75 Å². The van der Waals surface area contributed by atoms with Gasteiger partial charge in [0.1, 0.15) is 5.75 Å². The Bertz CT molecular complexity index is 347. The molecule has 0 radical (unpaired) electrons. The third-order valence-electron chi connectivity index (χ3n) is 3.10. The summed E-state index contributed by atoms with van der Waals surface area (Å²) >= 11 is 1.71. The number of ether oxygens (including phenoxy) is 1. The highest BCUT2D eigenvalue weighted by Gasteiger charge is 2.28. The average Bonchev–Trinajstić information content (AvgIpc) is 2.38. The van der Waals surface area contributed by atoms with E-state index in [2.05, 4.69) is 5.32 Å². The van der Waals surface area contributed by atoms with Crippen molar-refractivity contribution >= 4 is 11.8 Å². The number of rotatable bonds is 4. The van der Waals surface area contributed by atoms with E-state index in [1.54, 1.807) is 18.9 Å². The van der Waals surface area contributed by atoms with Crippen LogP contribution in [0.4, 0.5) is 0 Å². The molecule has 17 heavy (non-hydrogen) atoms. The molecule has 1 fully saturated rings. The summed E-state index contributed by atoms with van der Waals surface area (Å²) in [7, 11) is 1.67. The molecule has 1 saturated heterocycles. The summed E-state index contributed by atoms with van der Waals surface area (Å²) < 4.78 is 5.12. The van der Waals surface area contributed by atoms with Crippen LogP contribution in [-0.4, -0.2) is 36.7 Å². The molecule has 1 aromatic rings. The van der Waals surface area contributed by atoms with Crippen LogP contribution in [0.15, 0.2) is 29.2 Å². The Hall–Kier alpha value is -0.710. The molecule has 0 aromatic heterocycles. The number of thioether (sulfide) groups is 1. The van der Waals surface area contributed by atoms with Gasteiger partial charge in [-0.25, -0.2) is 0 Å². The lowest BCUT2D eigenvalue weighted by atomic mass is 9.95. The number of nitrogens with one attached hydrogen (secondary N) is 1. The van der Waals surface area contributed by atoms with Gasteiger partial charge in [-0.15, -0.1) is 11.8 Å². The molecule has 0 saturated carbocycles. The fourth-order valence-corrected chi connectivity index (χ4v) is 2.98. The van der Waals surface area contributed by atoms with Gasteiger partial charge in [0.2, 0.25) is 0 Å². The van der Waals surface area contributed by atoms with Crippen molar-refractivity contribution in [3.05, 3.63) is 24.3 Å². The van der Waals surface area contributed by atoms with E-state index in [4.69, 9.17) is 4.74 Å². The van der Waals surface area contributed by atoms with Crippen LogP contribution in [0, 0.1) is 0 Å². The summed E-state index contributed by atoms with van der Waals surface area (Å²) in [5.41, 5.74) is -0.504. The minimum atomic E-state index is -0.504. The lowest BCUT2D eigenvalue weighted by molar-refractivity contribution is 0.0339. The molecule has 0 bridgehead atoms. The molecular weight excluding hydrogens is 234 g/mol. The normalized spacial score (nSPS) is 18.9. The monoisotopic (exact) mass is 253 g/mol. The zero-order valence-electron chi connectivity index (χ0n) is 10.1. The van der Waals surface area contributed by atoms with Crippen molar-refractivity contribution in [2.45, 2.75) is 23.3 Å². The highest BCUT2D eigenvalue weighted by atomic mass is 32.2. The maximum Gasteiger partial charge on any atom is 0.118 e. The molecule has 0 spiro atoms. The van der Waals surface area contributed by atoms with Crippen LogP contribution >= 0.6 is 11.8 Å². The van der Waals surface area contributed by atoms with Gasteiger partial charge in [0, 0.05) is 10.6 Å². The fourth-order valence-electron chi connectivity index (χ4n) is 1.93. The molecule has 1 aromatic carbocycles. The molecule has 3 nitrogen and oxygen atoms in total. The topological polar surface area (TPSA) is 41.5 Å². The summed E-state index contributed by atoms with van der Waals surface area (Å²) in [6, 6.07) is 7.98. The molecular formula is C13H19NO2S. The maximum absolute atomic E-state index is 10.3. The van der Waals surface area contributed by atoms with Gasteiger partial charge in [0.25, 0.3) is 0 Å². The molecule has 0 amide bonds. The third kappa shape index (κ3) is 3.63. The minimum Gasteiger partial charge on any atom is -0.497 e. The SMILES string of the molecule is COc1ccc(SCC2(O)CCNCC2)cc1. The van der Waals surface area contributed by atoms with Crippen molar-refractivity contribution in [2.24, 2.45) is 0 Å². The molecule has 1 aliphatic heterocycles. The van der Waals surface area contributed by atoms with Crippen LogP contribution in [0.3, 0.4) is 0 Å².